The molecule has 0 radical (unpaired) electrons. The maximum absolute atomic E-state index is 11.6. The van der Waals surface area contributed by atoms with E-state index in [2.05, 4.69) is 10.6 Å². The third kappa shape index (κ3) is 4.08. The fourth-order valence-corrected chi connectivity index (χ4v) is 1.48. The minimum Gasteiger partial charge on any atom is -0.394 e. The lowest BCUT2D eigenvalue weighted by Crippen LogP contribution is -2.54. The minimum absolute atomic E-state index is 0.127. The lowest BCUT2D eigenvalue weighted by molar-refractivity contribution is -0.124. The second kappa shape index (κ2) is 6.18. The molecule has 0 spiro atoms. The average Bonchev–Trinajstić information content (AvgIpc) is 3.10. The van der Waals surface area contributed by atoms with Crippen molar-refractivity contribution in [1.82, 2.24) is 10.6 Å². The Kier molecular flexibility index (Phi) is 5.18. The van der Waals surface area contributed by atoms with E-state index in [0.29, 0.717) is 25.4 Å². The molecule has 5 heteroatoms. The quantitative estimate of drug-likeness (QED) is 0.448. The van der Waals surface area contributed by atoms with Gasteiger partial charge in [-0.2, -0.15) is 0 Å². The Morgan fingerprint density at radius 3 is 2.44 bits per heavy atom. The first-order valence-electron chi connectivity index (χ1n) is 5.92. The van der Waals surface area contributed by atoms with Crippen LogP contribution in [-0.2, 0) is 4.79 Å². The van der Waals surface area contributed by atoms with Gasteiger partial charge in [0.2, 0.25) is 5.91 Å². The monoisotopic (exact) mass is 230 g/mol. The van der Waals surface area contributed by atoms with Gasteiger partial charge in [-0.15, -0.1) is 0 Å². The molecule has 0 aromatic carbocycles. The summed E-state index contributed by atoms with van der Waals surface area (Å²) < 4.78 is 0. The largest absolute Gasteiger partial charge is 0.394 e. The molecule has 1 amide bonds. The minimum atomic E-state index is -0.864. The van der Waals surface area contributed by atoms with Crippen molar-refractivity contribution in [3.8, 4) is 0 Å². The van der Waals surface area contributed by atoms with E-state index < -0.39 is 5.54 Å². The Balaban J connectivity index is 2.23. The zero-order chi connectivity index (χ0) is 12.0. The number of aliphatic hydroxyl groups is 2. The number of nitrogens with one attached hydrogen (secondary N) is 2. The fraction of sp³-hybridized carbons (Fsp3) is 0.909. The van der Waals surface area contributed by atoms with E-state index >= 15 is 0 Å². The van der Waals surface area contributed by atoms with Crippen LogP contribution in [0.5, 0.6) is 0 Å². The maximum atomic E-state index is 11.6. The van der Waals surface area contributed by atoms with E-state index in [9.17, 15) is 4.79 Å². The molecule has 0 atom stereocenters. The lowest BCUT2D eigenvalue weighted by atomic mass is 9.98. The summed E-state index contributed by atoms with van der Waals surface area (Å²) in [6.45, 7) is 2.02. The topological polar surface area (TPSA) is 81.6 Å². The van der Waals surface area contributed by atoms with E-state index in [1.165, 1.54) is 12.8 Å². The van der Waals surface area contributed by atoms with Gasteiger partial charge in [0.05, 0.1) is 18.8 Å². The van der Waals surface area contributed by atoms with Crippen LogP contribution in [0.25, 0.3) is 0 Å². The number of rotatable bonds is 8. The van der Waals surface area contributed by atoms with Gasteiger partial charge >= 0.3 is 0 Å². The molecular weight excluding hydrogens is 208 g/mol. The van der Waals surface area contributed by atoms with Crippen LogP contribution in [0.2, 0.25) is 0 Å². The van der Waals surface area contributed by atoms with E-state index in [0.717, 1.165) is 0 Å². The summed E-state index contributed by atoms with van der Waals surface area (Å²) in [7, 11) is 0. The molecule has 4 N–H and O–H groups in total. The van der Waals surface area contributed by atoms with Crippen molar-refractivity contribution >= 4 is 5.91 Å². The molecule has 0 bridgehead atoms. The van der Waals surface area contributed by atoms with Crippen molar-refractivity contribution in [1.29, 1.82) is 0 Å². The van der Waals surface area contributed by atoms with Crippen LogP contribution in [-0.4, -0.2) is 47.5 Å². The Morgan fingerprint density at radius 2 is 2.00 bits per heavy atom. The molecule has 1 aliphatic carbocycles. The van der Waals surface area contributed by atoms with Gasteiger partial charge in [-0.25, -0.2) is 0 Å². The van der Waals surface area contributed by atoms with Crippen molar-refractivity contribution < 1.29 is 15.0 Å². The first-order valence-corrected chi connectivity index (χ1v) is 5.92. The van der Waals surface area contributed by atoms with E-state index in [1.807, 2.05) is 6.92 Å². The summed E-state index contributed by atoms with van der Waals surface area (Å²) in [5.74, 6) is -0.127. The van der Waals surface area contributed by atoms with Gasteiger partial charge in [-0.3, -0.25) is 4.79 Å². The molecule has 0 aromatic heterocycles. The number of carbonyl (C=O) groups is 1. The van der Waals surface area contributed by atoms with Crippen molar-refractivity contribution in [2.75, 3.05) is 19.8 Å². The average molecular weight is 230 g/mol. The highest BCUT2D eigenvalue weighted by Gasteiger charge is 2.28. The SMILES string of the molecule is CCC(CO)(CO)NC(=O)CCNC1CC1. The number of hydrogen-bond acceptors (Lipinski definition) is 4. The molecule has 1 aliphatic rings. The predicted molar refractivity (Wildman–Crippen MR) is 61.0 cm³/mol. The van der Waals surface area contributed by atoms with E-state index in [4.69, 9.17) is 10.2 Å². The summed E-state index contributed by atoms with van der Waals surface area (Å²) in [6, 6.07) is 0.597. The van der Waals surface area contributed by atoms with Crippen LogP contribution in [0.1, 0.15) is 32.6 Å². The molecular formula is C11H22N2O3. The van der Waals surface area contributed by atoms with Crippen LogP contribution >= 0.6 is 0 Å². The Hall–Kier alpha value is -0.650. The summed E-state index contributed by atoms with van der Waals surface area (Å²) in [5, 5.41) is 24.3. The number of aliphatic hydroxyl groups excluding tert-OH is 2. The fourth-order valence-electron chi connectivity index (χ4n) is 1.48. The van der Waals surface area contributed by atoms with E-state index in [-0.39, 0.29) is 19.1 Å². The summed E-state index contributed by atoms with van der Waals surface area (Å²) in [6.07, 6.45) is 3.31. The molecule has 1 rings (SSSR count). The second-order valence-electron chi connectivity index (χ2n) is 4.48. The highest BCUT2D eigenvalue weighted by molar-refractivity contribution is 5.77. The highest BCUT2D eigenvalue weighted by atomic mass is 16.3. The van der Waals surface area contributed by atoms with Gasteiger partial charge < -0.3 is 20.8 Å². The predicted octanol–water partition coefficient (Wildman–Crippen LogP) is -0.622. The van der Waals surface area contributed by atoms with Gasteiger partial charge in [0.25, 0.3) is 0 Å². The molecule has 0 heterocycles. The van der Waals surface area contributed by atoms with Crippen LogP contribution in [0, 0.1) is 0 Å². The zero-order valence-corrected chi connectivity index (χ0v) is 9.83. The number of amides is 1. The van der Waals surface area contributed by atoms with Crippen molar-refractivity contribution in [2.24, 2.45) is 0 Å². The lowest BCUT2D eigenvalue weighted by Gasteiger charge is -2.29. The third-order valence-corrected chi connectivity index (χ3v) is 3.05. The van der Waals surface area contributed by atoms with Crippen molar-refractivity contribution in [3.63, 3.8) is 0 Å². The van der Waals surface area contributed by atoms with E-state index in [1.54, 1.807) is 0 Å². The highest BCUT2D eigenvalue weighted by Crippen LogP contribution is 2.18. The van der Waals surface area contributed by atoms with Crippen molar-refractivity contribution in [2.45, 2.75) is 44.2 Å². The van der Waals surface area contributed by atoms with Crippen molar-refractivity contribution in [3.05, 3.63) is 0 Å². The van der Waals surface area contributed by atoms with Crippen LogP contribution < -0.4 is 10.6 Å². The van der Waals surface area contributed by atoms with Crippen LogP contribution in [0.4, 0.5) is 0 Å². The molecule has 94 valence electrons. The first kappa shape index (κ1) is 13.4. The molecule has 1 fully saturated rings. The summed E-state index contributed by atoms with van der Waals surface area (Å²) in [4.78, 5) is 11.6. The van der Waals surface area contributed by atoms with Gasteiger partial charge in [0.1, 0.15) is 0 Å². The summed E-state index contributed by atoms with van der Waals surface area (Å²) in [5.41, 5.74) is -0.864. The van der Waals surface area contributed by atoms with Crippen LogP contribution in [0.3, 0.4) is 0 Å². The molecule has 16 heavy (non-hydrogen) atoms. The van der Waals surface area contributed by atoms with Crippen LogP contribution in [0.15, 0.2) is 0 Å². The number of carbonyl (C=O) groups excluding carboxylic acids is 1. The zero-order valence-electron chi connectivity index (χ0n) is 9.83. The standard InChI is InChI=1S/C11H22N2O3/c1-2-11(7-14,8-15)13-10(16)5-6-12-9-3-4-9/h9,12,14-15H,2-8H2,1H3,(H,13,16). The summed E-state index contributed by atoms with van der Waals surface area (Å²) >= 11 is 0. The van der Waals surface area contributed by atoms with Gasteiger partial charge in [-0.05, 0) is 19.3 Å². The third-order valence-electron chi connectivity index (χ3n) is 3.05. The molecule has 0 unspecified atom stereocenters. The first-order chi connectivity index (χ1) is 7.65. The maximum Gasteiger partial charge on any atom is 0.221 e. The normalized spacial score (nSPS) is 16.2. The Labute approximate surface area is 96.2 Å². The Morgan fingerprint density at radius 1 is 1.38 bits per heavy atom. The Bertz CT molecular complexity index is 217. The number of hydrogen-bond donors (Lipinski definition) is 4. The smallest absolute Gasteiger partial charge is 0.221 e. The second-order valence-corrected chi connectivity index (χ2v) is 4.48. The van der Waals surface area contributed by atoms with Gasteiger partial charge in [0.15, 0.2) is 0 Å². The molecule has 5 nitrogen and oxygen atoms in total. The molecule has 1 saturated carbocycles. The molecule has 0 aromatic rings. The molecule has 0 aliphatic heterocycles. The van der Waals surface area contributed by atoms with Gasteiger partial charge in [-0.1, -0.05) is 6.92 Å². The molecule has 0 saturated heterocycles. The van der Waals surface area contributed by atoms with Gasteiger partial charge in [0, 0.05) is 19.0 Å².